The molecule has 0 aromatic heterocycles. The highest BCUT2D eigenvalue weighted by Gasteiger charge is 2.34. The summed E-state index contributed by atoms with van der Waals surface area (Å²) < 4.78 is 13.4. The van der Waals surface area contributed by atoms with E-state index in [0.29, 0.717) is 17.1 Å². The van der Waals surface area contributed by atoms with Crippen molar-refractivity contribution in [1.82, 2.24) is 10.2 Å². The molecule has 3 rings (SSSR count). The van der Waals surface area contributed by atoms with Crippen LogP contribution in [0.4, 0.5) is 4.39 Å². The van der Waals surface area contributed by atoms with Crippen molar-refractivity contribution in [2.75, 3.05) is 13.1 Å². The molecule has 0 amide bonds. The summed E-state index contributed by atoms with van der Waals surface area (Å²) in [6.45, 7) is 5.11. The molecule has 2 nitrogen and oxygen atoms in total. The number of benzene rings is 1. The van der Waals surface area contributed by atoms with Crippen LogP contribution in [0.1, 0.15) is 31.7 Å². The third kappa shape index (κ3) is 3.33. The van der Waals surface area contributed by atoms with Crippen LogP contribution in [-0.4, -0.2) is 30.1 Å². The van der Waals surface area contributed by atoms with Gasteiger partial charge in [0, 0.05) is 30.2 Å². The van der Waals surface area contributed by atoms with Crippen LogP contribution in [0.5, 0.6) is 0 Å². The van der Waals surface area contributed by atoms with Crippen LogP contribution in [-0.2, 0) is 6.54 Å². The predicted molar refractivity (Wildman–Crippen MR) is 80.4 cm³/mol. The third-order valence-corrected chi connectivity index (χ3v) is 4.96. The summed E-state index contributed by atoms with van der Waals surface area (Å²) in [4.78, 5) is 2.45. The normalized spacial score (nSPS) is 28.4. The quantitative estimate of drug-likeness (QED) is 0.919. The fourth-order valence-electron chi connectivity index (χ4n) is 3.08. The van der Waals surface area contributed by atoms with E-state index in [1.165, 1.54) is 18.9 Å². The Morgan fingerprint density at radius 2 is 2.15 bits per heavy atom. The number of halogens is 2. The van der Waals surface area contributed by atoms with Gasteiger partial charge in [0.25, 0.3) is 0 Å². The lowest BCUT2D eigenvalue weighted by atomic mass is 10.1. The van der Waals surface area contributed by atoms with Gasteiger partial charge in [-0.3, -0.25) is 4.90 Å². The number of hydrogen-bond acceptors (Lipinski definition) is 2. The minimum Gasteiger partial charge on any atom is -0.312 e. The summed E-state index contributed by atoms with van der Waals surface area (Å²) in [6.07, 6.45) is 3.83. The average Bonchev–Trinajstić information content (AvgIpc) is 3.24. The van der Waals surface area contributed by atoms with Gasteiger partial charge in [0.15, 0.2) is 0 Å². The fourth-order valence-corrected chi connectivity index (χ4v) is 3.25. The van der Waals surface area contributed by atoms with Gasteiger partial charge in [-0.1, -0.05) is 11.6 Å². The Hall–Kier alpha value is -0.640. The highest BCUT2D eigenvalue weighted by Crippen LogP contribution is 2.34. The van der Waals surface area contributed by atoms with Crippen molar-refractivity contribution < 1.29 is 4.39 Å². The number of rotatable bonds is 3. The molecule has 1 N–H and O–H groups in total. The van der Waals surface area contributed by atoms with Gasteiger partial charge in [-0.2, -0.15) is 0 Å². The molecule has 1 aromatic rings. The van der Waals surface area contributed by atoms with Gasteiger partial charge < -0.3 is 5.32 Å². The van der Waals surface area contributed by atoms with E-state index in [1.807, 2.05) is 0 Å². The van der Waals surface area contributed by atoms with Gasteiger partial charge in [0.05, 0.1) is 0 Å². The first kappa shape index (κ1) is 14.3. The van der Waals surface area contributed by atoms with Crippen molar-refractivity contribution in [3.8, 4) is 0 Å². The minimum atomic E-state index is -0.205. The molecule has 1 saturated heterocycles. The first-order valence-electron chi connectivity index (χ1n) is 7.55. The summed E-state index contributed by atoms with van der Waals surface area (Å²) in [6, 6.07) is 5.75. The molecule has 2 aliphatic rings. The molecule has 110 valence electrons. The average molecular weight is 297 g/mol. The lowest BCUT2D eigenvalue weighted by molar-refractivity contribution is 0.190. The number of nitrogens with zero attached hydrogens (tertiary/aromatic N) is 1. The van der Waals surface area contributed by atoms with Crippen LogP contribution in [0.2, 0.25) is 5.02 Å². The first-order valence-corrected chi connectivity index (χ1v) is 7.92. The van der Waals surface area contributed by atoms with E-state index in [4.69, 9.17) is 11.6 Å². The Labute approximate surface area is 125 Å². The number of nitrogens with one attached hydrogen (secondary N) is 1. The molecule has 2 unspecified atom stereocenters. The molecule has 0 bridgehead atoms. The van der Waals surface area contributed by atoms with Gasteiger partial charge in [0.1, 0.15) is 5.82 Å². The Balaban J connectivity index is 1.74. The van der Waals surface area contributed by atoms with Gasteiger partial charge in [-0.25, -0.2) is 4.39 Å². The van der Waals surface area contributed by atoms with E-state index in [0.717, 1.165) is 37.5 Å². The van der Waals surface area contributed by atoms with Gasteiger partial charge in [-0.05, 0) is 62.4 Å². The van der Waals surface area contributed by atoms with E-state index in [2.05, 4.69) is 17.1 Å². The van der Waals surface area contributed by atoms with E-state index in [9.17, 15) is 4.39 Å². The zero-order chi connectivity index (χ0) is 14.1. The highest BCUT2D eigenvalue weighted by molar-refractivity contribution is 6.31. The molecule has 0 radical (unpaired) electrons. The molecule has 1 heterocycles. The van der Waals surface area contributed by atoms with E-state index in [-0.39, 0.29) is 5.82 Å². The second-order valence-electron chi connectivity index (χ2n) is 6.20. The smallest absolute Gasteiger partial charge is 0.123 e. The maximum absolute atomic E-state index is 13.4. The molecule has 2 fully saturated rings. The third-order valence-electron chi connectivity index (χ3n) is 4.60. The van der Waals surface area contributed by atoms with E-state index >= 15 is 0 Å². The van der Waals surface area contributed by atoms with Crippen LogP contribution in [0.3, 0.4) is 0 Å². The highest BCUT2D eigenvalue weighted by atomic mass is 35.5. The largest absolute Gasteiger partial charge is 0.312 e. The summed E-state index contributed by atoms with van der Waals surface area (Å²) >= 11 is 6.21. The monoisotopic (exact) mass is 296 g/mol. The summed E-state index contributed by atoms with van der Waals surface area (Å²) in [5, 5.41) is 4.33. The maximum atomic E-state index is 13.4. The molecule has 1 aromatic carbocycles. The molecule has 4 heteroatoms. The SMILES string of the molecule is CC1CCNC(C2CC2)CN1Cc1cc(F)ccc1Cl. The Morgan fingerprint density at radius 3 is 2.90 bits per heavy atom. The van der Waals surface area contributed by atoms with Crippen LogP contribution in [0, 0.1) is 11.7 Å². The Bertz CT molecular complexity index is 476. The minimum absolute atomic E-state index is 0.205. The second kappa shape index (κ2) is 6.00. The van der Waals surface area contributed by atoms with Crippen LogP contribution in [0.15, 0.2) is 18.2 Å². The molecule has 2 atom stereocenters. The van der Waals surface area contributed by atoms with Crippen LogP contribution < -0.4 is 5.32 Å². The molecule has 1 aliphatic carbocycles. The number of hydrogen-bond donors (Lipinski definition) is 1. The summed E-state index contributed by atoms with van der Waals surface area (Å²) in [5.74, 6) is 0.634. The lowest BCUT2D eigenvalue weighted by Crippen LogP contribution is -2.41. The lowest BCUT2D eigenvalue weighted by Gasteiger charge is -2.29. The second-order valence-corrected chi connectivity index (χ2v) is 6.61. The standard InChI is InChI=1S/C16H22ClFN2/c1-11-6-7-19-16(12-2-3-12)10-20(11)9-13-8-14(18)4-5-15(13)17/h4-5,8,11-12,16,19H,2-3,6-7,9-10H2,1H3. The zero-order valence-electron chi connectivity index (χ0n) is 11.9. The molecule has 1 saturated carbocycles. The van der Waals surface area contributed by atoms with Crippen molar-refractivity contribution in [2.24, 2.45) is 5.92 Å². The van der Waals surface area contributed by atoms with E-state index in [1.54, 1.807) is 12.1 Å². The summed E-state index contributed by atoms with van der Waals surface area (Å²) in [7, 11) is 0. The van der Waals surface area contributed by atoms with Crippen molar-refractivity contribution in [2.45, 2.75) is 44.8 Å². The fraction of sp³-hybridized carbons (Fsp3) is 0.625. The molecule has 20 heavy (non-hydrogen) atoms. The van der Waals surface area contributed by atoms with Crippen molar-refractivity contribution >= 4 is 11.6 Å². The molecular formula is C16H22ClFN2. The van der Waals surface area contributed by atoms with E-state index < -0.39 is 0 Å². The van der Waals surface area contributed by atoms with Gasteiger partial charge in [0.2, 0.25) is 0 Å². The molecule has 0 spiro atoms. The van der Waals surface area contributed by atoms with Crippen LogP contribution in [0.25, 0.3) is 0 Å². The molecule has 1 aliphatic heterocycles. The first-order chi connectivity index (χ1) is 9.63. The summed E-state index contributed by atoms with van der Waals surface area (Å²) in [5.41, 5.74) is 0.898. The predicted octanol–water partition coefficient (Wildman–Crippen LogP) is 3.44. The van der Waals surface area contributed by atoms with Crippen molar-refractivity contribution in [1.29, 1.82) is 0 Å². The molecular weight excluding hydrogens is 275 g/mol. The maximum Gasteiger partial charge on any atom is 0.123 e. The van der Waals surface area contributed by atoms with Crippen LogP contribution >= 0.6 is 11.6 Å². The van der Waals surface area contributed by atoms with Gasteiger partial charge in [-0.15, -0.1) is 0 Å². The Morgan fingerprint density at radius 1 is 1.35 bits per heavy atom. The van der Waals surface area contributed by atoms with Crippen molar-refractivity contribution in [3.63, 3.8) is 0 Å². The topological polar surface area (TPSA) is 15.3 Å². The van der Waals surface area contributed by atoms with Crippen molar-refractivity contribution in [3.05, 3.63) is 34.6 Å². The Kier molecular flexibility index (Phi) is 4.29. The zero-order valence-corrected chi connectivity index (χ0v) is 12.7. The van der Waals surface area contributed by atoms with Gasteiger partial charge >= 0.3 is 0 Å².